The molecule has 1 aliphatic heterocycles. The van der Waals surface area contributed by atoms with E-state index < -0.39 is 0 Å². The van der Waals surface area contributed by atoms with Crippen molar-refractivity contribution in [2.45, 2.75) is 20.8 Å². The second kappa shape index (κ2) is 7.46. The summed E-state index contributed by atoms with van der Waals surface area (Å²) < 4.78 is 4.66. The van der Waals surface area contributed by atoms with Gasteiger partial charge in [-0.3, -0.25) is 4.79 Å². The van der Waals surface area contributed by atoms with Crippen LogP contribution in [0.4, 0.5) is 0 Å². The molecule has 0 radical (unpaired) electrons. The van der Waals surface area contributed by atoms with Gasteiger partial charge in [0.25, 0.3) is 0 Å². The Labute approximate surface area is 78.7 Å². The fraction of sp³-hybridized carbons (Fsp3) is 0.667. The van der Waals surface area contributed by atoms with Gasteiger partial charge in [-0.2, -0.15) is 10.2 Å². The van der Waals surface area contributed by atoms with Crippen molar-refractivity contribution in [1.29, 1.82) is 0 Å². The first kappa shape index (κ1) is 11.8. The summed E-state index contributed by atoms with van der Waals surface area (Å²) in [5.41, 5.74) is 0. The van der Waals surface area contributed by atoms with Gasteiger partial charge in [0, 0.05) is 6.20 Å². The summed E-state index contributed by atoms with van der Waals surface area (Å²) in [7, 11) is 0. The van der Waals surface area contributed by atoms with E-state index in [1.165, 1.54) is 0 Å². The minimum atomic E-state index is -0.118. The standard InChI is InChI=1S/C6H12O2.C3H4N2/c1-4-8-6(7)5(2)3;1-2-4-5-3-1/h5H,4H2,1-3H3;1-2H,3H2. The maximum Gasteiger partial charge on any atom is 0.308 e. The summed E-state index contributed by atoms with van der Waals surface area (Å²) in [6.45, 7) is 6.70. The van der Waals surface area contributed by atoms with Crippen LogP contribution in [0.25, 0.3) is 0 Å². The van der Waals surface area contributed by atoms with Crippen molar-refractivity contribution >= 4 is 5.97 Å². The van der Waals surface area contributed by atoms with E-state index in [0.29, 0.717) is 6.61 Å². The minimum Gasteiger partial charge on any atom is -0.466 e. The lowest BCUT2D eigenvalue weighted by Gasteiger charge is -2.01. The molecule has 4 nitrogen and oxygen atoms in total. The van der Waals surface area contributed by atoms with Crippen molar-refractivity contribution < 1.29 is 9.53 Å². The maximum atomic E-state index is 10.5. The Bertz CT molecular complexity index is 188. The van der Waals surface area contributed by atoms with E-state index in [2.05, 4.69) is 15.0 Å². The number of hydrogen-bond acceptors (Lipinski definition) is 4. The van der Waals surface area contributed by atoms with Gasteiger partial charge in [0.2, 0.25) is 0 Å². The average molecular weight is 184 g/mol. The molecule has 13 heavy (non-hydrogen) atoms. The van der Waals surface area contributed by atoms with Gasteiger partial charge in [0.15, 0.2) is 0 Å². The van der Waals surface area contributed by atoms with Crippen LogP contribution in [0.3, 0.4) is 0 Å². The molecule has 0 aromatic rings. The molecule has 0 bridgehead atoms. The largest absolute Gasteiger partial charge is 0.466 e. The predicted octanol–water partition coefficient (Wildman–Crippen LogP) is 2.17. The van der Waals surface area contributed by atoms with Crippen LogP contribution in [0.1, 0.15) is 20.8 Å². The predicted molar refractivity (Wildman–Crippen MR) is 50.3 cm³/mol. The smallest absolute Gasteiger partial charge is 0.308 e. The third-order valence-corrected chi connectivity index (χ3v) is 1.20. The van der Waals surface area contributed by atoms with Crippen LogP contribution in [-0.4, -0.2) is 19.1 Å². The molecule has 0 fully saturated rings. The summed E-state index contributed by atoms with van der Waals surface area (Å²) in [5, 5.41) is 7.12. The molecule has 0 aromatic carbocycles. The highest BCUT2D eigenvalue weighted by atomic mass is 16.5. The van der Waals surface area contributed by atoms with E-state index in [0.717, 1.165) is 6.54 Å². The zero-order valence-electron chi connectivity index (χ0n) is 8.36. The molecular weight excluding hydrogens is 168 g/mol. The summed E-state index contributed by atoms with van der Waals surface area (Å²) >= 11 is 0. The Hall–Kier alpha value is -1.19. The van der Waals surface area contributed by atoms with Crippen LogP contribution in [0.15, 0.2) is 22.5 Å². The van der Waals surface area contributed by atoms with Crippen molar-refractivity contribution in [3.63, 3.8) is 0 Å². The van der Waals surface area contributed by atoms with Crippen LogP contribution in [0, 0.1) is 5.92 Å². The van der Waals surface area contributed by atoms with Crippen LogP contribution >= 0.6 is 0 Å². The fourth-order valence-electron chi connectivity index (χ4n) is 0.545. The molecule has 1 aliphatic rings. The molecule has 1 rings (SSSR count). The highest BCUT2D eigenvalue weighted by molar-refractivity contribution is 5.71. The maximum absolute atomic E-state index is 10.5. The van der Waals surface area contributed by atoms with Gasteiger partial charge in [-0.25, -0.2) is 0 Å². The van der Waals surface area contributed by atoms with Gasteiger partial charge < -0.3 is 4.74 Å². The molecule has 0 spiro atoms. The Morgan fingerprint density at radius 1 is 1.62 bits per heavy atom. The van der Waals surface area contributed by atoms with Gasteiger partial charge in [-0.05, 0) is 13.0 Å². The zero-order valence-corrected chi connectivity index (χ0v) is 8.36. The Balaban J connectivity index is 0.000000243. The molecule has 0 saturated heterocycles. The van der Waals surface area contributed by atoms with Crippen molar-refractivity contribution in [3.05, 3.63) is 12.3 Å². The van der Waals surface area contributed by atoms with Crippen LogP contribution < -0.4 is 0 Å². The van der Waals surface area contributed by atoms with Gasteiger partial charge in [0.1, 0.15) is 0 Å². The number of nitrogens with zero attached hydrogens (tertiary/aromatic N) is 2. The lowest BCUT2D eigenvalue weighted by Crippen LogP contribution is -2.10. The van der Waals surface area contributed by atoms with E-state index in [1.54, 1.807) is 13.1 Å². The van der Waals surface area contributed by atoms with E-state index in [9.17, 15) is 4.79 Å². The monoisotopic (exact) mass is 184 g/mol. The summed E-state index contributed by atoms with van der Waals surface area (Å²) in [6, 6.07) is 0. The van der Waals surface area contributed by atoms with E-state index in [-0.39, 0.29) is 11.9 Å². The number of azo groups is 1. The third-order valence-electron chi connectivity index (χ3n) is 1.20. The highest BCUT2D eigenvalue weighted by Crippen LogP contribution is 1.93. The number of esters is 1. The quantitative estimate of drug-likeness (QED) is 0.617. The zero-order chi connectivity index (χ0) is 10.1. The molecule has 4 heteroatoms. The summed E-state index contributed by atoms with van der Waals surface area (Å²) in [6.07, 6.45) is 3.60. The Kier molecular flexibility index (Phi) is 6.78. The van der Waals surface area contributed by atoms with E-state index in [1.807, 2.05) is 19.9 Å². The molecule has 0 aliphatic carbocycles. The molecule has 74 valence electrons. The second-order valence-electron chi connectivity index (χ2n) is 2.73. The van der Waals surface area contributed by atoms with Gasteiger partial charge in [-0.15, -0.1) is 0 Å². The van der Waals surface area contributed by atoms with Crippen molar-refractivity contribution in [1.82, 2.24) is 0 Å². The van der Waals surface area contributed by atoms with Gasteiger partial charge >= 0.3 is 5.97 Å². The SMILES string of the molecule is C1=CN=NC1.CCOC(=O)C(C)C. The number of carbonyl (C=O) groups is 1. The second-order valence-corrected chi connectivity index (χ2v) is 2.73. The molecule has 0 amide bonds. The Morgan fingerprint density at radius 2 is 2.31 bits per heavy atom. The van der Waals surface area contributed by atoms with E-state index in [4.69, 9.17) is 0 Å². The minimum absolute atomic E-state index is 0.00921. The molecule has 0 saturated carbocycles. The molecular formula is C9H16N2O2. The molecule has 0 atom stereocenters. The van der Waals surface area contributed by atoms with Crippen molar-refractivity contribution in [2.75, 3.05) is 13.2 Å². The molecule has 0 unspecified atom stereocenters. The average Bonchev–Trinajstić information content (AvgIpc) is 2.61. The van der Waals surface area contributed by atoms with Crippen molar-refractivity contribution in [3.8, 4) is 0 Å². The summed E-state index contributed by atoms with van der Waals surface area (Å²) in [4.78, 5) is 10.5. The first-order valence-corrected chi connectivity index (χ1v) is 4.36. The number of hydrogen-bond donors (Lipinski definition) is 0. The summed E-state index contributed by atoms with van der Waals surface area (Å²) in [5.74, 6) is -0.109. The molecule has 0 aromatic heterocycles. The highest BCUT2D eigenvalue weighted by Gasteiger charge is 2.04. The number of ether oxygens (including phenoxy) is 1. The lowest BCUT2D eigenvalue weighted by atomic mass is 10.2. The Morgan fingerprint density at radius 3 is 2.46 bits per heavy atom. The normalized spacial score (nSPS) is 12.6. The van der Waals surface area contributed by atoms with Gasteiger partial charge in [0.05, 0.1) is 19.1 Å². The number of rotatable bonds is 2. The molecule has 1 heterocycles. The van der Waals surface area contributed by atoms with Gasteiger partial charge in [-0.1, -0.05) is 13.8 Å². The van der Waals surface area contributed by atoms with Crippen LogP contribution in [0.2, 0.25) is 0 Å². The third kappa shape index (κ3) is 7.18. The first-order valence-electron chi connectivity index (χ1n) is 4.36. The fourth-order valence-corrected chi connectivity index (χ4v) is 0.545. The lowest BCUT2D eigenvalue weighted by molar-refractivity contribution is -0.146. The van der Waals surface area contributed by atoms with Crippen molar-refractivity contribution in [2.24, 2.45) is 16.1 Å². The van der Waals surface area contributed by atoms with Crippen LogP contribution in [0.5, 0.6) is 0 Å². The first-order chi connectivity index (χ1) is 6.18. The molecule has 0 N–H and O–H groups in total. The number of carbonyl (C=O) groups excluding carboxylic acids is 1. The van der Waals surface area contributed by atoms with E-state index >= 15 is 0 Å². The topological polar surface area (TPSA) is 51.0 Å². The van der Waals surface area contributed by atoms with Crippen LogP contribution in [-0.2, 0) is 9.53 Å².